The van der Waals surface area contributed by atoms with Crippen LogP contribution in [0.1, 0.15) is 13.3 Å². The molecule has 0 aromatic heterocycles. The first-order valence-corrected chi connectivity index (χ1v) is 4.32. The molecular weight excluding hydrogens is 136 g/mol. The van der Waals surface area contributed by atoms with E-state index in [1.54, 1.807) is 0 Å². The van der Waals surface area contributed by atoms with Crippen LogP contribution in [0, 0.1) is 5.92 Å². The lowest BCUT2D eigenvalue weighted by atomic mass is 10.1. The Kier molecular flexibility index (Phi) is 5.51. The van der Waals surface area contributed by atoms with Crippen LogP contribution in [-0.4, -0.2) is 51.1 Å². The topological polar surface area (TPSA) is 6.48 Å². The number of rotatable bonds is 5. The number of nitrogens with zero attached hydrogens (tertiary/aromatic N) is 2. The second-order valence-corrected chi connectivity index (χ2v) is 3.96. The summed E-state index contributed by atoms with van der Waals surface area (Å²) in [6, 6.07) is 0. The standard InChI is InChI=1S/C9H22N2/c1-9(8-11(4)5)6-7-10(2)3/h9H,6-8H2,1-5H3/t9-/m0/s1. The smallest absolute Gasteiger partial charge is 0.000140 e. The molecule has 0 rings (SSSR count). The third-order valence-electron chi connectivity index (χ3n) is 1.75. The normalized spacial score (nSPS) is 14.5. The van der Waals surface area contributed by atoms with E-state index in [4.69, 9.17) is 0 Å². The lowest BCUT2D eigenvalue weighted by molar-refractivity contribution is 0.295. The Morgan fingerprint density at radius 1 is 1.00 bits per heavy atom. The maximum Gasteiger partial charge on any atom is 0.000140 e. The highest BCUT2D eigenvalue weighted by molar-refractivity contribution is 4.57. The maximum absolute atomic E-state index is 2.31. The zero-order valence-electron chi connectivity index (χ0n) is 8.59. The average molecular weight is 158 g/mol. The third kappa shape index (κ3) is 7.82. The first kappa shape index (κ1) is 10.9. The van der Waals surface area contributed by atoms with Crippen LogP contribution < -0.4 is 0 Å². The maximum atomic E-state index is 2.31. The van der Waals surface area contributed by atoms with Crippen molar-refractivity contribution in [3.05, 3.63) is 0 Å². The molecule has 0 aliphatic heterocycles. The number of hydrogen-bond donors (Lipinski definition) is 0. The van der Waals surface area contributed by atoms with Gasteiger partial charge >= 0.3 is 0 Å². The van der Waals surface area contributed by atoms with E-state index in [9.17, 15) is 0 Å². The Morgan fingerprint density at radius 3 is 1.91 bits per heavy atom. The quantitative estimate of drug-likeness (QED) is 0.592. The summed E-state index contributed by atoms with van der Waals surface area (Å²) < 4.78 is 0. The van der Waals surface area contributed by atoms with Crippen LogP contribution >= 0.6 is 0 Å². The van der Waals surface area contributed by atoms with Crippen LogP contribution in [0.25, 0.3) is 0 Å². The molecule has 0 N–H and O–H groups in total. The molecule has 2 nitrogen and oxygen atoms in total. The minimum absolute atomic E-state index is 0.812. The van der Waals surface area contributed by atoms with Crippen molar-refractivity contribution in [2.24, 2.45) is 5.92 Å². The van der Waals surface area contributed by atoms with Gasteiger partial charge in [-0.1, -0.05) is 6.92 Å². The van der Waals surface area contributed by atoms with E-state index in [0.29, 0.717) is 0 Å². The Morgan fingerprint density at radius 2 is 1.55 bits per heavy atom. The van der Waals surface area contributed by atoms with Crippen LogP contribution in [0.2, 0.25) is 0 Å². The van der Waals surface area contributed by atoms with Crippen molar-refractivity contribution in [3.63, 3.8) is 0 Å². The van der Waals surface area contributed by atoms with Crippen molar-refractivity contribution < 1.29 is 0 Å². The van der Waals surface area contributed by atoms with Gasteiger partial charge in [0.2, 0.25) is 0 Å². The first-order valence-electron chi connectivity index (χ1n) is 4.32. The largest absolute Gasteiger partial charge is 0.309 e. The van der Waals surface area contributed by atoms with Crippen molar-refractivity contribution in [2.75, 3.05) is 41.3 Å². The molecule has 0 bridgehead atoms. The molecule has 0 heterocycles. The van der Waals surface area contributed by atoms with E-state index in [1.165, 1.54) is 19.5 Å². The van der Waals surface area contributed by atoms with Gasteiger partial charge < -0.3 is 9.80 Å². The third-order valence-corrected chi connectivity index (χ3v) is 1.75. The lowest BCUT2D eigenvalue weighted by Crippen LogP contribution is -2.23. The molecule has 68 valence electrons. The second kappa shape index (κ2) is 5.56. The molecule has 11 heavy (non-hydrogen) atoms. The zero-order chi connectivity index (χ0) is 8.85. The first-order chi connectivity index (χ1) is 5.02. The van der Waals surface area contributed by atoms with Crippen LogP contribution in [0.15, 0.2) is 0 Å². The van der Waals surface area contributed by atoms with Gasteiger partial charge in [0.05, 0.1) is 0 Å². The van der Waals surface area contributed by atoms with Gasteiger partial charge in [-0.25, -0.2) is 0 Å². The Bertz CT molecular complexity index is 89.6. The highest BCUT2D eigenvalue weighted by atomic mass is 15.1. The van der Waals surface area contributed by atoms with Gasteiger partial charge in [0.15, 0.2) is 0 Å². The molecule has 2 heteroatoms. The summed E-state index contributed by atoms with van der Waals surface area (Å²) in [6.45, 7) is 4.71. The van der Waals surface area contributed by atoms with E-state index in [-0.39, 0.29) is 0 Å². The molecule has 0 amide bonds. The summed E-state index contributed by atoms with van der Waals surface area (Å²) in [5, 5.41) is 0. The van der Waals surface area contributed by atoms with Gasteiger partial charge in [0.25, 0.3) is 0 Å². The summed E-state index contributed by atoms with van der Waals surface area (Å²) >= 11 is 0. The Balaban J connectivity index is 3.29. The summed E-state index contributed by atoms with van der Waals surface area (Å²) in [5.41, 5.74) is 0. The van der Waals surface area contributed by atoms with E-state index >= 15 is 0 Å². The molecule has 0 radical (unpaired) electrons. The summed E-state index contributed by atoms with van der Waals surface area (Å²) in [7, 11) is 8.52. The number of hydrogen-bond acceptors (Lipinski definition) is 2. The molecule has 0 aliphatic rings. The van der Waals surface area contributed by atoms with Crippen molar-refractivity contribution in [1.29, 1.82) is 0 Å². The fraction of sp³-hybridized carbons (Fsp3) is 1.00. The fourth-order valence-electron chi connectivity index (χ4n) is 1.19. The minimum atomic E-state index is 0.812. The summed E-state index contributed by atoms with van der Waals surface area (Å²) in [6.07, 6.45) is 1.30. The van der Waals surface area contributed by atoms with Crippen molar-refractivity contribution in [1.82, 2.24) is 9.80 Å². The van der Waals surface area contributed by atoms with Gasteiger partial charge in [-0.2, -0.15) is 0 Å². The van der Waals surface area contributed by atoms with Crippen LogP contribution in [0.5, 0.6) is 0 Å². The molecule has 0 aliphatic carbocycles. The SMILES string of the molecule is C[C@@H](CCN(C)C)CN(C)C. The van der Waals surface area contributed by atoms with Crippen molar-refractivity contribution in [2.45, 2.75) is 13.3 Å². The van der Waals surface area contributed by atoms with E-state index in [1.807, 2.05) is 0 Å². The van der Waals surface area contributed by atoms with Gasteiger partial charge in [-0.15, -0.1) is 0 Å². The fourth-order valence-corrected chi connectivity index (χ4v) is 1.19. The van der Waals surface area contributed by atoms with E-state index in [0.717, 1.165) is 5.92 Å². The van der Waals surface area contributed by atoms with Gasteiger partial charge in [-0.05, 0) is 47.1 Å². The second-order valence-electron chi connectivity index (χ2n) is 3.96. The molecular formula is C9H22N2. The van der Waals surface area contributed by atoms with E-state index < -0.39 is 0 Å². The predicted octanol–water partition coefficient (Wildman–Crippen LogP) is 1.14. The summed E-state index contributed by atoms with van der Waals surface area (Å²) in [4.78, 5) is 4.49. The highest BCUT2D eigenvalue weighted by Crippen LogP contribution is 2.02. The zero-order valence-corrected chi connectivity index (χ0v) is 8.59. The minimum Gasteiger partial charge on any atom is -0.309 e. The molecule has 0 aromatic carbocycles. The van der Waals surface area contributed by atoms with Gasteiger partial charge in [0.1, 0.15) is 0 Å². The van der Waals surface area contributed by atoms with Crippen LogP contribution in [0.4, 0.5) is 0 Å². The van der Waals surface area contributed by atoms with Gasteiger partial charge in [-0.3, -0.25) is 0 Å². The van der Waals surface area contributed by atoms with Crippen LogP contribution in [0.3, 0.4) is 0 Å². The van der Waals surface area contributed by atoms with Crippen LogP contribution in [-0.2, 0) is 0 Å². The Labute approximate surface area is 71.2 Å². The molecule has 1 atom stereocenters. The molecule has 0 spiro atoms. The van der Waals surface area contributed by atoms with Crippen molar-refractivity contribution in [3.8, 4) is 0 Å². The van der Waals surface area contributed by atoms with E-state index in [2.05, 4.69) is 44.9 Å². The van der Waals surface area contributed by atoms with Gasteiger partial charge in [0, 0.05) is 6.54 Å². The Hall–Kier alpha value is -0.0800. The van der Waals surface area contributed by atoms with Crippen molar-refractivity contribution >= 4 is 0 Å². The highest BCUT2D eigenvalue weighted by Gasteiger charge is 2.03. The molecule has 0 unspecified atom stereocenters. The molecule has 0 saturated heterocycles. The lowest BCUT2D eigenvalue weighted by Gasteiger charge is -2.18. The predicted molar refractivity (Wildman–Crippen MR) is 50.9 cm³/mol. The molecule has 0 fully saturated rings. The average Bonchev–Trinajstić information content (AvgIpc) is 1.82. The molecule has 0 saturated carbocycles. The monoisotopic (exact) mass is 158 g/mol. The molecule has 0 aromatic rings. The summed E-state index contributed by atoms with van der Waals surface area (Å²) in [5.74, 6) is 0.812.